The molecule has 3 rings (SSSR count). The van der Waals surface area contributed by atoms with E-state index in [9.17, 15) is 0 Å². The normalized spacial score (nSPS) is 11.1. The van der Waals surface area contributed by atoms with Crippen LogP contribution in [0.3, 0.4) is 0 Å². The van der Waals surface area contributed by atoms with Crippen molar-refractivity contribution in [2.45, 2.75) is 26.5 Å². The van der Waals surface area contributed by atoms with Gasteiger partial charge in [0, 0.05) is 32.1 Å². The Morgan fingerprint density at radius 1 is 1.21 bits per heavy atom. The number of benzene rings is 1. The molecule has 0 saturated heterocycles. The molecule has 0 unspecified atom stereocenters. The maximum absolute atomic E-state index is 5.60. The van der Waals surface area contributed by atoms with Crippen molar-refractivity contribution >= 4 is 29.9 Å². The molecule has 2 N–H and O–H groups in total. The first-order valence-corrected chi connectivity index (χ1v) is 9.56. The lowest BCUT2D eigenvalue weighted by atomic mass is 10.2. The molecule has 2 aromatic heterocycles. The highest BCUT2D eigenvalue weighted by Gasteiger charge is 2.01. The minimum atomic E-state index is 0. The molecular weight excluding hydrogens is 481 g/mol. The number of nitrogens with zero attached hydrogens (tertiary/aromatic N) is 3. The van der Waals surface area contributed by atoms with Crippen LogP contribution in [0.2, 0.25) is 0 Å². The van der Waals surface area contributed by atoms with Crippen LogP contribution in [0.25, 0.3) is 5.69 Å². The van der Waals surface area contributed by atoms with E-state index in [4.69, 9.17) is 9.15 Å². The fourth-order valence-corrected chi connectivity index (χ4v) is 2.68. The molecule has 0 aliphatic heterocycles. The summed E-state index contributed by atoms with van der Waals surface area (Å²) in [6, 6.07) is 13.9. The van der Waals surface area contributed by atoms with E-state index in [2.05, 4.69) is 39.8 Å². The Kier molecular flexibility index (Phi) is 10.3. The number of furan rings is 1. The predicted molar refractivity (Wildman–Crippen MR) is 125 cm³/mol. The zero-order valence-corrected chi connectivity index (χ0v) is 18.9. The molecule has 156 valence electrons. The predicted octanol–water partition coefficient (Wildman–Crippen LogP) is 3.75. The highest BCUT2D eigenvalue weighted by Crippen LogP contribution is 2.10. The van der Waals surface area contributed by atoms with Crippen molar-refractivity contribution in [3.8, 4) is 5.69 Å². The van der Waals surface area contributed by atoms with Gasteiger partial charge in [-0.05, 0) is 49.2 Å². The Labute approximate surface area is 188 Å². The third-order valence-corrected chi connectivity index (χ3v) is 4.03. The minimum Gasteiger partial charge on any atom is -0.467 e. The number of ether oxygens (including phenoxy) is 1. The average Bonchev–Trinajstić information content (AvgIpc) is 3.43. The molecule has 7 nitrogen and oxygen atoms in total. The number of hydrogen-bond donors (Lipinski definition) is 2. The molecule has 8 heteroatoms. The summed E-state index contributed by atoms with van der Waals surface area (Å²) in [7, 11) is 0. The Hall–Kier alpha value is -2.33. The van der Waals surface area contributed by atoms with E-state index in [1.54, 1.807) is 12.5 Å². The summed E-state index contributed by atoms with van der Waals surface area (Å²) in [5, 5.41) is 10.9. The lowest BCUT2D eigenvalue weighted by Crippen LogP contribution is -2.38. The SMILES string of the molecule is CCNC(=NCc1cccc(-n2cccn2)c1)NCCCOCc1ccco1.I. The number of nitrogens with one attached hydrogen (secondary N) is 2. The summed E-state index contributed by atoms with van der Waals surface area (Å²) >= 11 is 0. The van der Waals surface area contributed by atoms with E-state index in [0.29, 0.717) is 19.8 Å². The molecule has 0 saturated carbocycles. The van der Waals surface area contributed by atoms with Crippen molar-refractivity contribution in [2.24, 2.45) is 4.99 Å². The van der Waals surface area contributed by atoms with Gasteiger partial charge < -0.3 is 19.8 Å². The topological polar surface area (TPSA) is 76.6 Å². The Morgan fingerprint density at radius 3 is 2.90 bits per heavy atom. The van der Waals surface area contributed by atoms with Gasteiger partial charge in [-0.15, -0.1) is 24.0 Å². The van der Waals surface area contributed by atoms with Crippen molar-refractivity contribution < 1.29 is 9.15 Å². The third kappa shape index (κ3) is 7.90. The molecule has 0 spiro atoms. The highest BCUT2D eigenvalue weighted by molar-refractivity contribution is 14.0. The Bertz CT molecular complexity index is 835. The molecule has 0 aliphatic carbocycles. The van der Waals surface area contributed by atoms with E-state index < -0.39 is 0 Å². The monoisotopic (exact) mass is 509 g/mol. The largest absolute Gasteiger partial charge is 0.467 e. The van der Waals surface area contributed by atoms with Crippen LogP contribution in [0, 0.1) is 0 Å². The summed E-state index contributed by atoms with van der Waals surface area (Å²) < 4.78 is 12.7. The van der Waals surface area contributed by atoms with Crippen LogP contribution < -0.4 is 10.6 Å². The summed E-state index contributed by atoms with van der Waals surface area (Å²) in [4.78, 5) is 4.67. The van der Waals surface area contributed by atoms with Gasteiger partial charge >= 0.3 is 0 Å². The summed E-state index contributed by atoms with van der Waals surface area (Å²) in [6.45, 7) is 5.43. The summed E-state index contributed by atoms with van der Waals surface area (Å²) in [5.74, 6) is 1.65. The number of hydrogen-bond acceptors (Lipinski definition) is 4. The van der Waals surface area contributed by atoms with Gasteiger partial charge in [0.1, 0.15) is 12.4 Å². The van der Waals surface area contributed by atoms with Gasteiger partial charge in [-0.3, -0.25) is 0 Å². The number of halogens is 1. The maximum Gasteiger partial charge on any atom is 0.191 e. The van der Waals surface area contributed by atoms with Crippen LogP contribution in [-0.2, 0) is 17.9 Å². The number of aromatic nitrogens is 2. The van der Waals surface area contributed by atoms with Crippen molar-refractivity contribution in [1.29, 1.82) is 0 Å². The molecule has 0 atom stereocenters. The van der Waals surface area contributed by atoms with E-state index in [1.807, 2.05) is 41.2 Å². The molecule has 0 amide bonds. The van der Waals surface area contributed by atoms with Gasteiger partial charge in [-0.25, -0.2) is 9.67 Å². The van der Waals surface area contributed by atoms with Gasteiger partial charge in [0.2, 0.25) is 0 Å². The summed E-state index contributed by atoms with van der Waals surface area (Å²) in [6.07, 6.45) is 6.25. The smallest absolute Gasteiger partial charge is 0.191 e. The van der Waals surface area contributed by atoms with Crippen LogP contribution in [0.4, 0.5) is 0 Å². The van der Waals surface area contributed by atoms with Crippen molar-refractivity contribution in [2.75, 3.05) is 19.7 Å². The van der Waals surface area contributed by atoms with Gasteiger partial charge in [0.25, 0.3) is 0 Å². The molecule has 3 aromatic rings. The second kappa shape index (κ2) is 13.0. The van der Waals surface area contributed by atoms with Crippen LogP contribution in [-0.4, -0.2) is 35.4 Å². The van der Waals surface area contributed by atoms with Gasteiger partial charge in [-0.1, -0.05) is 12.1 Å². The Balaban J connectivity index is 0.00000300. The van der Waals surface area contributed by atoms with E-state index in [1.165, 1.54) is 0 Å². The highest BCUT2D eigenvalue weighted by atomic mass is 127. The fraction of sp³-hybridized carbons (Fsp3) is 0.333. The van der Waals surface area contributed by atoms with Gasteiger partial charge in [-0.2, -0.15) is 5.10 Å². The molecule has 2 heterocycles. The molecular formula is C21H28IN5O2. The number of guanidine groups is 1. The lowest BCUT2D eigenvalue weighted by molar-refractivity contribution is 0.105. The van der Waals surface area contributed by atoms with Crippen molar-refractivity contribution in [1.82, 2.24) is 20.4 Å². The zero-order valence-electron chi connectivity index (χ0n) is 16.6. The Morgan fingerprint density at radius 2 is 2.14 bits per heavy atom. The van der Waals surface area contributed by atoms with Crippen LogP contribution in [0.5, 0.6) is 0 Å². The zero-order chi connectivity index (χ0) is 19.4. The average molecular weight is 509 g/mol. The van der Waals surface area contributed by atoms with E-state index in [-0.39, 0.29) is 24.0 Å². The number of aliphatic imine (C=N–C) groups is 1. The van der Waals surface area contributed by atoms with Crippen LogP contribution >= 0.6 is 24.0 Å². The van der Waals surface area contributed by atoms with Crippen molar-refractivity contribution in [3.63, 3.8) is 0 Å². The molecule has 0 radical (unpaired) electrons. The second-order valence-corrected chi connectivity index (χ2v) is 6.23. The quantitative estimate of drug-likeness (QED) is 0.189. The molecule has 0 fully saturated rings. The molecule has 29 heavy (non-hydrogen) atoms. The standard InChI is InChI=1S/C21H27N5O2.HI/c1-2-22-21(23-10-6-13-27-17-20-9-4-14-28-20)24-16-18-7-3-8-19(15-18)26-12-5-11-25-26;/h3-5,7-9,11-12,14-15H,2,6,10,13,16-17H2,1H3,(H2,22,23,24);1H. The molecule has 1 aromatic carbocycles. The van der Waals surface area contributed by atoms with Gasteiger partial charge in [0.15, 0.2) is 5.96 Å². The van der Waals surface area contributed by atoms with Crippen molar-refractivity contribution in [3.05, 3.63) is 72.4 Å². The molecule has 0 aliphatic rings. The number of rotatable bonds is 10. The van der Waals surface area contributed by atoms with Gasteiger partial charge in [0.05, 0.1) is 18.5 Å². The third-order valence-electron chi connectivity index (χ3n) is 4.03. The fourth-order valence-electron chi connectivity index (χ4n) is 2.68. The minimum absolute atomic E-state index is 0. The van der Waals surface area contributed by atoms with Crippen LogP contribution in [0.15, 0.2) is 70.5 Å². The van der Waals surface area contributed by atoms with E-state index >= 15 is 0 Å². The first-order valence-electron chi connectivity index (χ1n) is 9.56. The second-order valence-electron chi connectivity index (χ2n) is 6.23. The first kappa shape index (κ1) is 23.0. The van der Waals surface area contributed by atoms with E-state index in [0.717, 1.165) is 42.5 Å². The summed E-state index contributed by atoms with van der Waals surface area (Å²) in [5.41, 5.74) is 2.16. The maximum atomic E-state index is 5.60. The molecule has 0 bridgehead atoms. The first-order chi connectivity index (χ1) is 13.8. The lowest BCUT2D eigenvalue weighted by Gasteiger charge is -2.11. The van der Waals surface area contributed by atoms with Crippen LogP contribution in [0.1, 0.15) is 24.7 Å².